The first-order chi connectivity index (χ1) is 13.6. The molecule has 1 amide bonds. The molecule has 0 unspecified atom stereocenters. The smallest absolute Gasteiger partial charge is 0.340 e. The Kier molecular flexibility index (Phi) is 6.57. The van der Waals surface area contributed by atoms with E-state index in [4.69, 9.17) is 9.84 Å². The summed E-state index contributed by atoms with van der Waals surface area (Å²) in [5.74, 6) is -0.939. The molecule has 28 heavy (non-hydrogen) atoms. The number of benzene rings is 2. The van der Waals surface area contributed by atoms with Crippen molar-refractivity contribution in [1.29, 1.82) is 0 Å². The molecule has 0 aliphatic rings. The lowest BCUT2D eigenvalue weighted by atomic mass is 10.2. The quantitative estimate of drug-likeness (QED) is 0.566. The fraction of sp³-hybridized carbons (Fsp3) is 0.250. The van der Waals surface area contributed by atoms with Crippen LogP contribution in [0.25, 0.3) is 10.2 Å². The first-order valence-electron chi connectivity index (χ1n) is 8.91. The maximum absolute atomic E-state index is 12.6. The van der Waals surface area contributed by atoms with E-state index in [-0.39, 0.29) is 19.1 Å². The van der Waals surface area contributed by atoms with E-state index in [0.29, 0.717) is 29.5 Å². The van der Waals surface area contributed by atoms with E-state index in [0.717, 1.165) is 10.2 Å². The number of aliphatic hydroxyl groups is 1. The van der Waals surface area contributed by atoms with Crippen LogP contribution in [-0.4, -0.2) is 48.3 Å². The van der Waals surface area contributed by atoms with Crippen LogP contribution < -0.4 is 10.2 Å². The van der Waals surface area contributed by atoms with E-state index in [1.54, 1.807) is 24.3 Å². The van der Waals surface area contributed by atoms with Gasteiger partial charge in [0.05, 0.1) is 22.4 Å². The van der Waals surface area contributed by atoms with Gasteiger partial charge in [0.25, 0.3) is 5.91 Å². The molecule has 0 aliphatic carbocycles. The van der Waals surface area contributed by atoms with Gasteiger partial charge < -0.3 is 15.2 Å². The van der Waals surface area contributed by atoms with Gasteiger partial charge in [-0.25, -0.2) is 9.78 Å². The number of likely N-dealkylation sites (N-methyl/N-ethyl adjacent to an activating group) is 1. The zero-order chi connectivity index (χ0) is 19.9. The summed E-state index contributed by atoms with van der Waals surface area (Å²) < 4.78 is 6.22. The lowest BCUT2D eigenvalue weighted by Crippen LogP contribution is -2.34. The van der Waals surface area contributed by atoms with Gasteiger partial charge in [-0.05, 0) is 31.2 Å². The van der Waals surface area contributed by atoms with Crippen molar-refractivity contribution < 1.29 is 19.4 Å². The second kappa shape index (κ2) is 9.29. The summed E-state index contributed by atoms with van der Waals surface area (Å²) in [6.07, 6.45) is 0. The molecular weight excluding hydrogens is 378 g/mol. The van der Waals surface area contributed by atoms with Crippen LogP contribution in [0.15, 0.2) is 48.5 Å². The van der Waals surface area contributed by atoms with Crippen LogP contribution in [0.1, 0.15) is 17.3 Å². The van der Waals surface area contributed by atoms with Crippen LogP contribution in [0.5, 0.6) is 0 Å². The molecule has 0 saturated heterocycles. The van der Waals surface area contributed by atoms with Crippen LogP contribution in [0.4, 0.5) is 10.8 Å². The van der Waals surface area contributed by atoms with Crippen molar-refractivity contribution in [3.05, 3.63) is 54.1 Å². The number of thiazole rings is 1. The summed E-state index contributed by atoms with van der Waals surface area (Å²) in [5.41, 5.74) is 1.69. The molecule has 3 rings (SSSR count). The molecule has 7 nitrogen and oxygen atoms in total. The maximum atomic E-state index is 12.6. The van der Waals surface area contributed by atoms with E-state index in [9.17, 15) is 9.59 Å². The number of rotatable bonds is 8. The van der Waals surface area contributed by atoms with E-state index in [1.807, 2.05) is 31.2 Å². The fourth-order valence-electron chi connectivity index (χ4n) is 2.68. The van der Waals surface area contributed by atoms with Crippen LogP contribution in [0.2, 0.25) is 0 Å². The number of carbonyl (C=O) groups is 2. The van der Waals surface area contributed by atoms with Crippen molar-refractivity contribution in [3.8, 4) is 0 Å². The van der Waals surface area contributed by atoms with E-state index in [2.05, 4.69) is 10.3 Å². The largest absolute Gasteiger partial charge is 0.452 e. The van der Waals surface area contributed by atoms with Gasteiger partial charge in [-0.2, -0.15) is 0 Å². The van der Waals surface area contributed by atoms with Gasteiger partial charge in [-0.15, -0.1) is 0 Å². The van der Waals surface area contributed by atoms with Crippen molar-refractivity contribution in [2.24, 2.45) is 0 Å². The molecular formula is C20H21N3O4S. The summed E-state index contributed by atoms with van der Waals surface area (Å²) >= 11 is 1.42. The highest BCUT2D eigenvalue weighted by atomic mass is 32.1. The third-order valence-corrected chi connectivity index (χ3v) is 5.09. The SMILES string of the molecule is CCN(C(=O)COC(=O)c1ccccc1NCCO)c1nc2ccccc2s1. The topological polar surface area (TPSA) is 91.8 Å². The van der Waals surface area contributed by atoms with Gasteiger partial charge in [0.2, 0.25) is 0 Å². The van der Waals surface area contributed by atoms with Crippen molar-refractivity contribution in [2.75, 3.05) is 36.5 Å². The molecule has 146 valence electrons. The molecule has 0 bridgehead atoms. The Morgan fingerprint density at radius 3 is 2.68 bits per heavy atom. The molecule has 8 heteroatoms. The van der Waals surface area contributed by atoms with Gasteiger partial charge in [-0.1, -0.05) is 35.6 Å². The number of amides is 1. The standard InChI is InChI=1S/C20H21N3O4S/c1-2-23(20-22-16-9-5-6-10-17(16)28-20)18(25)13-27-19(26)14-7-3-4-8-15(14)21-11-12-24/h3-10,21,24H,2,11-13H2,1H3. The second-order valence-electron chi connectivity index (χ2n) is 5.87. The first-order valence-corrected chi connectivity index (χ1v) is 9.72. The van der Waals surface area contributed by atoms with Crippen LogP contribution in [0.3, 0.4) is 0 Å². The fourth-order valence-corrected chi connectivity index (χ4v) is 3.73. The predicted octanol–water partition coefficient (Wildman–Crippen LogP) is 2.91. The number of carbonyl (C=O) groups excluding carboxylic acids is 2. The van der Waals surface area contributed by atoms with Crippen molar-refractivity contribution in [3.63, 3.8) is 0 Å². The molecule has 3 aromatic rings. The Balaban J connectivity index is 1.67. The summed E-state index contributed by atoms with van der Waals surface area (Å²) in [6, 6.07) is 14.5. The Labute approximate surface area is 166 Å². The molecule has 0 spiro atoms. The third kappa shape index (κ3) is 4.47. The van der Waals surface area contributed by atoms with E-state index < -0.39 is 5.97 Å². The molecule has 0 aliphatic heterocycles. The van der Waals surface area contributed by atoms with Gasteiger partial charge in [0.1, 0.15) is 0 Å². The molecule has 0 radical (unpaired) electrons. The number of nitrogens with one attached hydrogen (secondary N) is 1. The van der Waals surface area contributed by atoms with E-state index >= 15 is 0 Å². The van der Waals surface area contributed by atoms with Crippen LogP contribution in [-0.2, 0) is 9.53 Å². The van der Waals surface area contributed by atoms with Gasteiger partial charge in [-0.3, -0.25) is 9.69 Å². The molecule has 1 aromatic heterocycles. The molecule has 1 heterocycles. The molecule has 0 atom stereocenters. The maximum Gasteiger partial charge on any atom is 0.340 e. The zero-order valence-corrected chi connectivity index (χ0v) is 16.2. The Bertz CT molecular complexity index is 940. The average molecular weight is 399 g/mol. The summed E-state index contributed by atoms with van der Waals surface area (Å²) in [7, 11) is 0. The lowest BCUT2D eigenvalue weighted by molar-refractivity contribution is -0.121. The number of hydrogen-bond acceptors (Lipinski definition) is 7. The normalized spacial score (nSPS) is 10.6. The number of para-hydroxylation sites is 2. The molecule has 0 fully saturated rings. The Morgan fingerprint density at radius 1 is 1.18 bits per heavy atom. The van der Waals surface area contributed by atoms with E-state index in [1.165, 1.54) is 16.2 Å². The number of hydrogen-bond donors (Lipinski definition) is 2. The number of nitrogens with zero attached hydrogens (tertiary/aromatic N) is 2. The van der Waals surface area contributed by atoms with Crippen LogP contribution in [0, 0.1) is 0 Å². The minimum Gasteiger partial charge on any atom is -0.452 e. The number of fused-ring (bicyclic) bond motifs is 1. The number of aromatic nitrogens is 1. The Hall–Kier alpha value is -2.97. The number of esters is 1. The van der Waals surface area contributed by atoms with Crippen molar-refractivity contribution in [2.45, 2.75) is 6.92 Å². The first kappa shape index (κ1) is 19.8. The highest BCUT2D eigenvalue weighted by molar-refractivity contribution is 7.22. The monoisotopic (exact) mass is 399 g/mol. The molecule has 0 saturated carbocycles. The molecule has 2 N–H and O–H groups in total. The zero-order valence-electron chi connectivity index (χ0n) is 15.4. The summed E-state index contributed by atoms with van der Waals surface area (Å²) in [6.45, 7) is 2.14. The minimum absolute atomic E-state index is 0.0600. The third-order valence-electron chi connectivity index (χ3n) is 4.03. The van der Waals surface area contributed by atoms with Gasteiger partial charge in [0, 0.05) is 18.8 Å². The highest BCUT2D eigenvalue weighted by Crippen LogP contribution is 2.28. The van der Waals surface area contributed by atoms with Gasteiger partial charge >= 0.3 is 5.97 Å². The number of aliphatic hydroxyl groups excluding tert-OH is 1. The van der Waals surface area contributed by atoms with Crippen molar-refractivity contribution in [1.82, 2.24) is 4.98 Å². The molecule has 2 aromatic carbocycles. The second-order valence-corrected chi connectivity index (χ2v) is 6.88. The predicted molar refractivity (Wildman–Crippen MR) is 110 cm³/mol. The Morgan fingerprint density at radius 2 is 1.93 bits per heavy atom. The van der Waals surface area contributed by atoms with Crippen molar-refractivity contribution >= 4 is 44.2 Å². The minimum atomic E-state index is -0.602. The lowest BCUT2D eigenvalue weighted by Gasteiger charge is -2.17. The highest BCUT2D eigenvalue weighted by Gasteiger charge is 2.21. The van der Waals surface area contributed by atoms with Gasteiger partial charge in [0.15, 0.2) is 11.7 Å². The average Bonchev–Trinajstić information content (AvgIpc) is 3.14. The number of ether oxygens (including phenoxy) is 1. The number of anilines is 2. The summed E-state index contributed by atoms with van der Waals surface area (Å²) in [5, 5.41) is 12.5. The summed E-state index contributed by atoms with van der Waals surface area (Å²) in [4.78, 5) is 31.0. The van der Waals surface area contributed by atoms with Crippen LogP contribution >= 0.6 is 11.3 Å².